The van der Waals surface area contributed by atoms with Crippen molar-refractivity contribution < 1.29 is 4.55 Å². The molecule has 1 aliphatic heterocycles. The Morgan fingerprint density at radius 2 is 1.96 bits per heavy atom. The van der Waals surface area contributed by atoms with E-state index in [-0.39, 0.29) is 10.3 Å². The fourth-order valence-electron chi connectivity index (χ4n) is 4.96. The molecule has 0 bridgehead atoms. The molecule has 5 atom stereocenters. The Balaban J connectivity index is 1.49. The summed E-state index contributed by atoms with van der Waals surface area (Å²) in [6, 6.07) is 2.70. The van der Waals surface area contributed by atoms with Gasteiger partial charge in [0.05, 0.1) is 5.54 Å². The lowest BCUT2D eigenvalue weighted by Crippen LogP contribution is -2.64. The van der Waals surface area contributed by atoms with Gasteiger partial charge in [-0.1, -0.05) is 0 Å². The average molecular weight is 461 g/mol. The summed E-state index contributed by atoms with van der Waals surface area (Å²) in [5, 5.41) is 4.69. The summed E-state index contributed by atoms with van der Waals surface area (Å²) in [5.74, 6) is 2.23. The summed E-state index contributed by atoms with van der Waals surface area (Å²) in [6.07, 6.45) is 3.68. The van der Waals surface area contributed by atoms with Crippen LogP contribution in [0.2, 0.25) is 0 Å². The summed E-state index contributed by atoms with van der Waals surface area (Å²) in [6.45, 7) is 11.7. The summed E-state index contributed by atoms with van der Waals surface area (Å²) in [4.78, 5) is 0. The third kappa shape index (κ3) is 2.58. The molecule has 4 nitrogen and oxygen atoms in total. The minimum Gasteiger partial charge on any atom is -0.597 e. The lowest BCUT2D eigenvalue weighted by atomic mass is 9.81. The molecule has 2 aliphatic carbocycles. The standard InChI is InChI=1S/C18H28IN3OS/c1-11(2)22-14(8-15(19)20-22)16-12-9-18(10-13(12)16)6-7-21(18)24(23)17(3,4)5/h8,11-13,16H,6-7,9-10H2,1-5H3/t12-,13+,16+,18+,24?. The van der Waals surface area contributed by atoms with Crippen LogP contribution in [0.25, 0.3) is 0 Å². The molecule has 0 amide bonds. The Hall–Kier alpha value is 0.210. The molecule has 6 heteroatoms. The Morgan fingerprint density at radius 1 is 1.33 bits per heavy atom. The molecule has 3 aliphatic rings. The van der Waals surface area contributed by atoms with E-state index < -0.39 is 11.4 Å². The number of rotatable bonds is 3. The van der Waals surface area contributed by atoms with Gasteiger partial charge in [-0.3, -0.25) is 4.68 Å². The molecule has 1 aromatic rings. The summed E-state index contributed by atoms with van der Waals surface area (Å²) < 4.78 is 18.4. The molecule has 0 N–H and O–H groups in total. The second-order valence-corrected chi connectivity index (χ2v) is 12.4. The molecule has 1 spiro atoms. The van der Waals surface area contributed by atoms with E-state index in [9.17, 15) is 4.55 Å². The Kier molecular flexibility index (Phi) is 4.11. The first kappa shape index (κ1) is 17.6. The van der Waals surface area contributed by atoms with E-state index in [0.29, 0.717) is 12.0 Å². The average Bonchev–Trinajstić information content (AvgIpc) is 2.84. The molecule has 1 aromatic heterocycles. The van der Waals surface area contributed by atoms with Crippen LogP contribution < -0.4 is 0 Å². The molecule has 1 unspecified atom stereocenters. The second kappa shape index (κ2) is 5.60. The quantitative estimate of drug-likeness (QED) is 0.503. The molecule has 2 saturated carbocycles. The molecule has 1 saturated heterocycles. The van der Waals surface area contributed by atoms with Gasteiger partial charge in [0.25, 0.3) is 0 Å². The predicted molar refractivity (Wildman–Crippen MR) is 106 cm³/mol. The van der Waals surface area contributed by atoms with E-state index in [0.717, 1.165) is 22.1 Å². The van der Waals surface area contributed by atoms with E-state index in [1.165, 1.54) is 25.0 Å². The zero-order chi connectivity index (χ0) is 17.4. The molecule has 4 rings (SSSR count). The van der Waals surface area contributed by atoms with Gasteiger partial charge >= 0.3 is 0 Å². The van der Waals surface area contributed by atoms with Crippen LogP contribution >= 0.6 is 22.6 Å². The number of halogens is 1. The molecule has 0 aromatic carbocycles. The molecule has 3 fully saturated rings. The Bertz CT molecular complexity index is 641. The molecule has 24 heavy (non-hydrogen) atoms. The number of fused-ring (bicyclic) bond motifs is 1. The fourth-order valence-corrected chi connectivity index (χ4v) is 7.02. The maximum absolute atomic E-state index is 12.8. The highest BCUT2D eigenvalue weighted by atomic mass is 127. The van der Waals surface area contributed by atoms with Crippen molar-refractivity contribution in [2.24, 2.45) is 11.8 Å². The van der Waals surface area contributed by atoms with Gasteiger partial charge in [0.2, 0.25) is 0 Å². The van der Waals surface area contributed by atoms with Gasteiger partial charge in [-0.2, -0.15) is 5.10 Å². The first-order valence-electron chi connectivity index (χ1n) is 9.09. The SMILES string of the molecule is CC(C)n1nc(I)cc1[C@H]1[C@@H]2C[C@@]3(CCN3[S+]([O-])C(C)(C)C)C[C@@H]21. The van der Waals surface area contributed by atoms with Crippen LogP contribution in [-0.2, 0) is 11.4 Å². The van der Waals surface area contributed by atoms with Crippen LogP contribution in [0, 0.1) is 15.5 Å². The maximum atomic E-state index is 12.8. The van der Waals surface area contributed by atoms with E-state index in [4.69, 9.17) is 0 Å². The smallest absolute Gasteiger partial charge is 0.137 e. The monoisotopic (exact) mass is 461 g/mol. The minimum atomic E-state index is -0.868. The van der Waals surface area contributed by atoms with Crippen molar-refractivity contribution in [3.8, 4) is 0 Å². The zero-order valence-corrected chi connectivity index (χ0v) is 18.2. The predicted octanol–water partition coefficient (Wildman–Crippen LogP) is 4.10. The third-order valence-electron chi connectivity index (χ3n) is 6.16. The van der Waals surface area contributed by atoms with Crippen molar-refractivity contribution in [1.29, 1.82) is 0 Å². The third-order valence-corrected chi connectivity index (χ3v) is 8.71. The summed E-state index contributed by atoms with van der Waals surface area (Å²) in [7, 11) is 0. The molecule has 0 radical (unpaired) electrons. The fraction of sp³-hybridized carbons (Fsp3) is 0.833. The van der Waals surface area contributed by atoms with E-state index in [1.807, 2.05) is 0 Å². The first-order valence-corrected chi connectivity index (χ1v) is 11.3. The Labute approximate surface area is 162 Å². The van der Waals surface area contributed by atoms with Crippen molar-refractivity contribution >= 4 is 34.0 Å². The van der Waals surface area contributed by atoms with Gasteiger partial charge in [-0.15, -0.1) is 4.31 Å². The molecule has 134 valence electrons. The van der Waals surface area contributed by atoms with E-state index in [1.54, 1.807) is 0 Å². The van der Waals surface area contributed by atoms with Crippen LogP contribution in [-0.4, -0.2) is 35.5 Å². The highest BCUT2D eigenvalue weighted by molar-refractivity contribution is 14.1. The van der Waals surface area contributed by atoms with Crippen molar-refractivity contribution in [3.05, 3.63) is 15.5 Å². The summed E-state index contributed by atoms with van der Waals surface area (Å²) in [5.41, 5.74) is 1.67. The van der Waals surface area contributed by atoms with Crippen LogP contribution in [0.15, 0.2) is 6.07 Å². The topological polar surface area (TPSA) is 44.1 Å². The zero-order valence-electron chi connectivity index (χ0n) is 15.3. The second-order valence-electron chi connectivity index (χ2n) is 9.13. The van der Waals surface area contributed by atoms with E-state index >= 15 is 0 Å². The van der Waals surface area contributed by atoms with Gasteiger partial charge in [-0.25, -0.2) is 0 Å². The van der Waals surface area contributed by atoms with Crippen molar-refractivity contribution in [2.45, 2.75) is 76.1 Å². The normalized spacial score (nSPS) is 36.9. The van der Waals surface area contributed by atoms with Crippen LogP contribution in [0.1, 0.15) is 71.5 Å². The van der Waals surface area contributed by atoms with Gasteiger partial charge in [-0.05, 0) is 94.4 Å². The highest BCUT2D eigenvalue weighted by Gasteiger charge is 2.69. The Morgan fingerprint density at radius 3 is 2.42 bits per heavy atom. The van der Waals surface area contributed by atoms with Crippen LogP contribution in [0.3, 0.4) is 0 Å². The van der Waals surface area contributed by atoms with Gasteiger partial charge in [0, 0.05) is 35.6 Å². The minimum absolute atomic E-state index is 0.147. The number of hydrogen-bond donors (Lipinski definition) is 0. The first-order chi connectivity index (χ1) is 11.1. The maximum Gasteiger partial charge on any atom is 0.137 e. The number of hydrogen-bond acceptors (Lipinski definition) is 3. The van der Waals surface area contributed by atoms with Crippen molar-refractivity contribution in [1.82, 2.24) is 14.1 Å². The molecular weight excluding hydrogens is 433 g/mol. The van der Waals surface area contributed by atoms with Crippen LogP contribution in [0.5, 0.6) is 0 Å². The van der Waals surface area contributed by atoms with Crippen LogP contribution in [0.4, 0.5) is 0 Å². The largest absolute Gasteiger partial charge is 0.597 e. The summed E-state index contributed by atoms with van der Waals surface area (Å²) >= 11 is 1.46. The molecule has 2 heterocycles. The van der Waals surface area contributed by atoms with Crippen molar-refractivity contribution in [3.63, 3.8) is 0 Å². The lowest BCUT2D eigenvalue weighted by molar-refractivity contribution is 0.0602. The number of nitrogens with zero attached hydrogens (tertiary/aromatic N) is 3. The van der Waals surface area contributed by atoms with E-state index in [2.05, 4.69) is 77.4 Å². The molecular formula is C18H28IN3OS. The van der Waals surface area contributed by atoms with Gasteiger partial charge < -0.3 is 4.55 Å². The lowest BCUT2D eigenvalue weighted by Gasteiger charge is -2.52. The van der Waals surface area contributed by atoms with Crippen molar-refractivity contribution in [2.75, 3.05) is 6.54 Å². The highest BCUT2D eigenvalue weighted by Crippen LogP contribution is 2.69. The van der Waals surface area contributed by atoms with Gasteiger partial charge in [0.15, 0.2) is 0 Å². The number of aromatic nitrogens is 2. The van der Waals surface area contributed by atoms with Gasteiger partial charge in [0.1, 0.15) is 8.45 Å².